The normalized spacial score (nSPS) is 24.5. The van der Waals surface area contributed by atoms with E-state index in [1.807, 2.05) is 0 Å². The SMILES string of the molecule is CC(N)(C(=O)N1CCCC(C(=O)O)C1)C(F)(F)F. The van der Waals surface area contributed by atoms with Crippen LogP contribution in [0.2, 0.25) is 0 Å². The second-order valence-electron chi connectivity index (χ2n) is 4.63. The van der Waals surface area contributed by atoms with E-state index in [0.717, 1.165) is 4.90 Å². The van der Waals surface area contributed by atoms with E-state index in [2.05, 4.69) is 0 Å². The van der Waals surface area contributed by atoms with Gasteiger partial charge in [-0.3, -0.25) is 9.59 Å². The maximum Gasteiger partial charge on any atom is 0.415 e. The van der Waals surface area contributed by atoms with Gasteiger partial charge in [0.25, 0.3) is 5.91 Å². The quantitative estimate of drug-likeness (QED) is 0.767. The molecule has 1 amide bonds. The molecular formula is C10H15F3N2O3. The van der Waals surface area contributed by atoms with Gasteiger partial charge < -0.3 is 15.7 Å². The van der Waals surface area contributed by atoms with Crippen molar-refractivity contribution < 1.29 is 27.9 Å². The van der Waals surface area contributed by atoms with Gasteiger partial charge in [0.2, 0.25) is 0 Å². The van der Waals surface area contributed by atoms with Gasteiger partial charge in [0.05, 0.1) is 5.92 Å². The van der Waals surface area contributed by atoms with Gasteiger partial charge >= 0.3 is 12.1 Å². The topological polar surface area (TPSA) is 83.6 Å². The van der Waals surface area contributed by atoms with Crippen LogP contribution >= 0.6 is 0 Å². The highest BCUT2D eigenvalue weighted by Gasteiger charge is 2.55. The molecule has 0 bridgehead atoms. The number of nitrogens with zero attached hydrogens (tertiary/aromatic N) is 1. The van der Waals surface area contributed by atoms with Crippen molar-refractivity contribution in [3.05, 3.63) is 0 Å². The molecule has 2 atom stereocenters. The molecule has 1 heterocycles. The average Bonchev–Trinajstić information content (AvgIpc) is 2.26. The Bertz CT molecular complexity index is 355. The number of carbonyl (C=O) groups is 2. The van der Waals surface area contributed by atoms with Crippen molar-refractivity contribution in [1.29, 1.82) is 0 Å². The monoisotopic (exact) mass is 268 g/mol. The highest BCUT2D eigenvalue weighted by molar-refractivity contribution is 5.87. The van der Waals surface area contributed by atoms with E-state index < -0.39 is 29.5 Å². The van der Waals surface area contributed by atoms with Crippen LogP contribution in [0.15, 0.2) is 0 Å². The predicted octanol–water partition coefficient (Wildman–Crippen LogP) is 0.589. The van der Waals surface area contributed by atoms with Gasteiger partial charge in [0.15, 0.2) is 5.54 Å². The summed E-state index contributed by atoms with van der Waals surface area (Å²) >= 11 is 0. The molecule has 104 valence electrons. The Balaban J connectivity index is 2.82. The summed E-state index contributed by atoms with van der Waals surface area (Å²) in [7, 11) is 0. The Hall–Kier alpha value is -1.31. The van der Waals surface area contributed by atoms with Crippen LogP contribution in [0.3, 0.4) is 0 Å². The smallest absolute Gasteiger partial charge is 0.415 e. The lowest BCUT2D eigenvalue weighted by molar-refractivity contribution is -0.194. The number of carboxylic acids is 1. The highest BCUT2D eigenvalue weighted by Crippen LogP contribution is 2.31. The van der Waals surface area contributed by atoms with Crippen LogP contribution in [0.4, 0.5) is 13.2 Å². The van der Waals surface area contributed by atoms with Crippen LogP contribution in [0.1, 0.15) is 19.8 Å². The number of carboxylic acid groups (broad SMARTS) is 1. The minimum Gasteiger partial charge on any atom is -0.481 e. The minimum atomic E-state index is -4.86. The number of aliphatic carboxylic acids is 1. The first-order chi connectivity index (χ1) is 8.07. The number of piperidine rings is 1. The van der Waals surface area contributed by atoms with Crippen molar-refractivity contribution >= 4 is 11.9 Å². The van der Waals surface area contributed by atoms with Gasteiger partial charge in [-0.15, -0.1) is 0 Å². The molecule has 0 aliphatic carbocycles. The fraction of sp³-hybridized carbons (Fsp3) is 0.800. The van der Waals surface area contributed by atoms with Crippen molar-refractivity contribution in [3.63, 3.8) is 0 Å². The Morgan fingerprint density at radius 3 is 2.39 bits per heavy atom. The summed E-state index contributed by atoms with van der Waals surface area (Å²) in [6.07, 6.45) is -4.15. The third kappa shape index (κ3) is 2.74. The van der Waals surface area contributed by atoms with Crippen molar-refractivity contribution in [2.75, 3.05) is 13.1 Å². The highest BCUT2D eigenvalue weighted by atomic mass is 19.4. The van der Waals surface area contributed by atoms with E-state index in [4.69, 9.17) is 10.8 Å². The second-order valence-corrected chi connectivity index (χ2v) is 4.63. The van der Waals surface area contributed by atoms with Gasteiger partial charge in [0, 0.05) is 13.1 Å². The predicted molar refractivity (Wildman–Crippen MR) is 55.6 cm³/mol. The summed E-state index contributed by atoms with van der Waals surface area (Å²) in [6.45, 7) is 0.474. The molecule has 5 nitrogen and oxygen atoms in total. The maximum absolute atomic E-state index is 12.6. The molecular weight excluding hydrogens is 253 g/mol. The lowest BCUT2D eigenvalue weighted by Gasteiger charge is -2.36. The van der Waals surface area contributed by atoms with Crippen LogP contribution in [0, 0.1) is 5.92 Å². The minimum absolute atomic E-state index is 0.103. The van der Waals surface area contributed by atoms with Crippen LogP contribution in [-0.4, -0.2) is 46.7 Å². The molecule has 2 unspecified atom stereocenters. The molecule has 1 saturated heterocycles. The van der Waals surface area contributed by atoms with Crippen LogP contribution < -0.4 is 5.73 Å². The summed E-state index contributed by atoms with van der Waals surface area (Å²) in [5, 5.41) is 8.81. The van der Waals surface area contributed by atoms with Gasteiger partial charge in [-0.25, -0.2) is 0 Å². The lowest BCUT2D eigenvalue weighted by Crippen LogP contribution is -2.63. The molecule has 0 aromatic heterocycles. The van der Waals surface area contributed by atoms with Crippen molar-refractivity contribution in [1.82, 2.24) is 4.90 Å². The first kappa shape index (κ1) is 14.7. The van der Waals surface area contributed by atoms with Gasteiger partial charge in [0.1, 0.15) is 0 Å². The molecule has 0 aromatic carbocycles. The molecule has 1 aliphatic heterocycles. The number of halogens is 3. The zero-order valence-corrected chi connectivity index (χ0v) is 9.83. The van der Waals surface area contributed by atoms with E-state index >= 15 is 0 Å². The Morgan fingerprint density at radius 2 is 1.94 bits per heavy atom. The zero-order valence-electron chi connectivity index (χ0n) is 9.83. The number of alkyl halides is 3. The van der Waals surface area contributed by atoms with Crippen LogP contribution in [0.5, 0.6) is 0 Å². The molecule has 1 fully saturated rings. The number of likely N-dealkylation sites (tertiary alicyclic amines) is 1. The number of nitrogens with two attached hydrogens (primary N) is 1. The molecule has 0 radical (unpaired) electrons. The summed E-state index contributed by atoms with van der Waals surface area (Å²) in [5.41, 5.74) is 2.05. The molecule has 8 heteroatoms. The van der Waals surface area contributed by atoms with E-state index in [-0.39, 0.29) is 13.1 Å². The van der Waals surface area contributed by atoms with Crippen molar-refractivity contribution in [2.24, 2.45) is 11.7 Å². The fourth-order valence-electron chi connectivity index (χ4n) is 1.81. The molecule has 1 rings (SSSR count). The number of hydrogen-bond acceptors (Lipinski definition) is 3. The van der Waals surface area contributed by atoms with Gasteiger partial charge in [-0.05, 0) is 19.8 Å². The molecule has 0 spiro atoms. The summed E-state index contributed by atoms with van der Waals surface area (Å²) in [4.78, 5) is 23.4. The van der Waals surface area contributed by atoms with Gasteiger partial charge in [-0.1, -0.05) is 0 Å². The zero-order chi connectivity index (χ0) is 14.1. The lowest BCUT2D eigenvalue weighted by atomic mass is 9.94. The van der Waals surface area contributed by atoms with Crippen LogP contribution in [0.25, 0.3) is 0 Å². The first-order valence-electron chi connectivity index (χ1n) is 5.45. The third-order valence-corrected chi connectivity index (χ3v) is 3.09. The second kappa shape index (κ2) is 4.75. The van der Waals surface area contributed by atoms with E-state index in [1.165, 1.54) is 0 Å². The molecule has 1 aliphatic rings. The number of rotatable bonds is 2. The third-order valence-electron chi connectivity index (χ3n) is 3.09. The maximum atomic E-state index is 12.6. The van der Waals surface area contributed by atoms with E-state index in [0.29, 0.717) is 19.8 Å². The Labute approximate surface area is 102 Å². The molecule has 3 N–H and O–H groups in total. The van der Waals surface area contributed by atoms with E-state index in [9.17, 15) is 22.8 Å². The Morgan fingerprint density at radius 1 is 1.39 bits per heavy atom. The molecule has 0 saturated carbocycles. The van der Waals surface area contributed by atoms with Crippen molar-refractivity contribution in [2.45, 2.75) is 31.5 Å². The summed E-state index contributed by atoms with van der Waals surface area (Å²) in [6, 6.07) is 0. The molecule has 0 aromatic rings. The largest absolute Gasteiger partial charge is 0.481 e. The fourth-order valence-corrected chi connectivity index (χ4v) is 1.81. The summed E-state index contributed by atoms with van der Waals surface area (Å²) < 4.78 is 37.8. The Kier molecular flexibility index (Phi) is 3.89. The first-order valence-corrected chi connectivity index (χ1v) is 5.45. The van der Waals surface area contributed by atoms with Crippen molar-refractivity contribution in [3.8, 4) is 0 Å². The number of hydrogen-bond donors (Lipinski definition) is 2. The average molecular weight is 268 g/mol. The standard InChI is InChI=1S/C10H15F3N2O3/c1-9(14,10(11,12)13)8(18)15-4-2-3-6(5-15)7(16)17/h6H,2-5,14H2,1H3,(H,16,17). The van der Waals surface area contributed by atoms with Crippen LogP contribution in [-0.2, 0) is 9.59 Å². The number of carbonyl (C=O) groups excluding carboxylic acids is 1. The van der Waals surface area contributed by atoms with Gasteiger partial charge in [-0.2, -0.15) is 13.2 Å². The summed E-state index contributed by atoms with van der Waals surface area (Å²) in [5.74, 6) is -3.22. The van der Waals surface area contributed by atoms with E-state index in [1.54, 1.807) is 0 Å². The number of amides is 1. The molecule has 18 heavy (non-hydrogen) atoms.